The van der Waals surface area contributed by atoms with E-state index in [-0.39, 0.29) is 5.91 Å². The van der Waals surface area contributed by atoms with Crippen molar-refractivity contribution in [2.24, 2.45) is 5.92 Å². The molecule has 0 spiro atoms. The Labute approximate surface area is 121 Å². The molecule has 1 aliphatic carbocycles. The van der Waals surface area contributed by atoms with Gasteiger partial charge in [-0.15, -0.1) is 0 Å². The SMILES string of the molecule is CCc1ccc(C(=O)NC2(C#N)CCC(C)CC2)cc1. The fourth-order valence-corrected chi connectivity index (χ4v) is 2.70. The summed E-state index contributed by atoms with van der Waals surface area (Å²) < 4.78 is 0. The first kappa shape index (κ1) is 14.6. The van der Waals surface area contributed by atoms with E-state index in [1.165, 1.54) is 5.56 Å². The maximum absolute atomic E-state index is 12.3. The van der Waals surface area contributed by atoms with Gasteiger partial charge in [-0.2, -0.15) is 5.26 Å². The van der Waals surface area contributed by atoms with Gasteiger partial charge in [-0.1, -0.05) is 26.0 Å². The number of carbonyl (C=O) groups is 1. The van der Waals surface area contributed by atoms with Crippen molar-refractivity contribution >= 4 is 5.91 Å². The predicted molar refractivity (Wildman–Crippen MR) is 79.3 cm³/mol. The molecule has 0 aromatic heterocycles. The van der Waals surface area contributed by atoms with Crippen LogP contribution in [0.4, 0.5) is 0 Å². The predicted octanol–water partition coefficient (Wildman–Crippen LogP) is 3.45. The van der Waals surface area contributed by atoms with Gasteiger partial charge < -0.3 is 5.32 Å². The molecule has 1 amide bonds. The molecule has 0 radical (unpaired) electrons. The lowest BCUT2D eigenvalue weighted by Crippen LogP contribution is -2.49. The molecule has 3 nitrogen and oxygen atoms in total. The zero-order chi connectivity index (χ0) is 14.6. The molecule has 0 unspecified atom stereocenters. The summed E-state index contributed by atoms with van der Waals surface area (Å²) in [5, 5.41) is 12.4. The van der Waals surface area contributed by atoms with Gasteiger partial charge in [0.2, 0.25) is 0 Å². The highest BCUT2D eigenvalue weighted by Crippen LogP contribution is 2.31. The van der Waals surface area contributed by atoms with Gasteiger partial charge in [-0.05, 0) is 55.7 Å². The minimum absolute atomic E-state index is 0.135. The quantitative estimate of drug-likeness (QED) is 0.914. The van der Waals surface area contributed by atoms with Crippen LogP contribution in [0.2, 0.25) is 0 Å². The van der Waals surface area contributed by atoms with Crippen molar-refractivity contribution in [2.75, 3.05) is 0 Å². The normalized spacial score (nSPS) is 25.8. The molecule has 1 fully saturated rings. The fraction of sp³-hybridized carbons (Fsp3) is 0.529. The Morgan fingerprint density at radius 3 is 2.45 bits per heavy atom. The van der Waals surface area contributed by atoms with Crippen LogP contribution in [-0.4, -0.2) is 11.4 Å². The Kier molecular flexibility index (Phi) is 4.44. The Morgan fingerprint density at radius 1 is 1.35 bits per heavy atom. The number of nitriles is 1. The van der Waals surface area contributed by atoms with Crippen molar-refractivity contribution in [3.05, 3.63) is 35.4 Å². The number of rotatable bonds is 3. The highest BCUT2D eigenvalue weighted by atomic mass is 16.1. The van der Waals surface area contributed by atoms with Gasteiger partial charge in [0.05, 0.1) is 6.07 Å². The van der Waals surface area contributed by atoms with Crippen molar-refractivity contribution in [1.29, 1.82) is 5.26 Å². The molecular formula is C17H22N2O. The van der Waals surface area contributed by atoms with E-state index in [0.717, 1.165) is 32.1 Å². The van der Waals surface area contributed by atoms with Gasteiger partial charge >= 0.3 is 0 Å². The van der Waals surface area contributed by atoms with Crippen LogP contribution in [-0.2, 0) is 6.42 Å². The molecule has 0 saturated heterocycles. The lowest BCUT2D eigenvalue weighted by atomic mass is 9.78. The smallest absolute Gasteiger partial charge is 0.252 e. The largest absolute Gasteiger partial charge is 0.334 e. The van der Waals surface area contributed by atoms with E-state index >= 15 is 0 Å². The maximum Gasteiger partial charge on any atom is 0.252 e. The fourth-order valence-electron chi connectivity index (χ4n) is 2.70. The summed E-state index contributed by atoms with van der Waals surface area (Å²) in [5.74, 6) is 0.515. The van der Waals surface area contributed by atoms with Crippen LogP contribution < -0.4 is 5.32 Å². The molecule has 1 aromatic carbocycles. The van der Waals surface area contributed by atoms with E-state index in [1.807, 2.05) is 24.3 Å². The third-order valence-electron chi connectivity index (χ3n) is 4.32. The van der Waals surface area contributed by atoms with Crippen LogP contribution in [0.1, 0.15) is 55.5 Å². The average molecular weight is 270 g/mol. The highest BCUT2D eigenvalue weighted by Gasteiger charge is 2.35. The second kappa shape index (κ2) is 6.09. The molecule has 0 atom stereocenters. The summed E-state index contributed by atoms with van der Waals surface area (Å²) >= 11 is 0. The number of hydrogen-bond donors (Lipinski definition) is 1. The minimum Gasteiger partial charge on any atom is -0.334 e. The molecule has 1 N–H and O–H groups in total. The molecule has 1 aliphatic rings. The molecule has 0 heterocycles. The second-order valence-corrected chi connectivity index (χ2v) is 5.88. The number of amides is 1. The van der Waals surface area contributed by atoms with Crippen LogP contribution in [0.25, 0.3) is 0 Å². The van der Waals surface area contributed by atoms with Crippen molar-refractivity contribution in [3.8, 4) is 6.07 Å². The Hall–Kier alpha value is -1.82. The third-order valence-corrected chi connectivity index (χ3v) is 4.32. The monoisotopic (exact) mass is 270 g/mol. The van der Waals surface area contributed by atoms with E-state index in [1.54, 1.807) is 0 Å². The standard InChI is InChI=1S/C17H22N2O/c1-3-14-4-6-15(7-5-14)16(20)19-17(12-18)10-8-13(2)9-11-17/h4-7,13H,3,8-11H2,1-2H3,(H,19,20). The molecule has 1 saturated carbocycles. The van der Waals surface area contributed by atoms with Crippen LogP contribution in [0, 0.1) is 17.2 Å². The second-order valence-electron chi connectivity index (χ2n) is 5.88. The Bertz CT molecular complexity index is 505. The van der Waals surface area contributed by atoms with Crippen LogP contribution in [0.5, 0.6) is 0 Å². The number of hydrogen-bond acceptors (Lipinski definition) is 2. The molecule has 20 heavy (non-hydrogen) atoms. The van der Waals surface area contributed by atoms with Crippen LogP contribution in [0.3, 0.4) is 0 Å². The van der Waals surface area contributed by atoms with Crippen LogP contribution in [0.15, 0.2) is 24.3 Å². The molecule has 0 aliphatic heterocycles. The van der Waals surface area contributed by atoms with Gasteiger partial charge in [0.25, 0.3) is 5.91 Å². The first-order valence-corrected chi connectivity index (χ1v) is 7.41. The molecule has 106 valence electrons. The zero-order valence-electron chi connectivity index (χ0n) is 12.3. The van der Waals surface area contributed by atoms with Crippen molar-refractivity contribution in [2.45, 2.75) is 51.5 Å². The lowest BCUT2D eigenvalue weighted by Gasteiger charge is -2.34. The first-order chi connectivity index (χ1) is 9.58. The number of benzene rings is 1. The number of aryl methyl sites for hydroxylation is 1. The van der Waals surface area contributed by atoms with Gasteiger partial charge in [0.1, 0.15) is 5.54 Å². The summed E-state index contributed by atoms with van der Waals surface area (Å²) in [6, 6.07) is 9.94. The maximum atomic E-state index is 12.3. The van der Waals surface area contributed by atoms with E-state index in [4.69, 9.17) is 0 Å². The zero-order valence-corrected chi connectivity index (χ0v) is 12.3. The van der Waals surface area contributed by atoms with E-state index < -0.39 is 5.54 Å². The van der Waals surface area contributed by atoms with Gasteiger partial charge in [0, 0.05) is 5.56 Å². The number of carbonyl (C=O) groups excluding carboxylic acids is 1. The van der Waals surface area contributed by atoms with Crippen molar-refractivity contribution < 1.29 is 4.79 Å². The Morgan fingerprint density at radius 2 is 1.95 bits per heavy atom. The number of nitrogens with one attached hydrogen (secondary N) is 1. The summed E-state index contributed by atoms with van der Waals surface area (Å²) in [6.45, 7) is 4.29. The molecule has 3 heteroatoms. The van der Waals surface area contributed by atoms with Crippen molar-refractivity contribution in [3.63, 3.8) is 0 Å². The van der Waals surface area contributed by atoms with Crippen molar-refractivity contribution in [1.82, 2.24) is 5.32 Å². The highest BCUT2D eigenvalue weighted by molar-refractivity contribution is 5.95. The topological polar surface area (TPSA) is 52.9 Å². The van der Waals surface area contributed by atoms with E-state index in [9.17, 15) is 10.1 Å². The first-order valence-electron chi connectivity index (χ1n) is 7.41. The molecule has 0 bridgehead atoms. The third kappa shape index (κ3) is 3.19. The molecule has 2 rings (SSSR count). The summed E-state index contributed by atoms with van der Waals surface area (Å²) in [4.78, 5) is 12.3. The van der Waals surface area contributed by atoms with E-state index in [0.29, 0.717) is 11.5 Å². The molecule has 1 aromatic rings. The van der Waals surface area contributed by atoms with Gasteiger partial charge in [0.15, 0.2) is 0 Å². The van der Waals surface area contributed by atoms with Gasteiger partial charge in [-0.25, -0.2) is 0 Å². The number of nitrogens with zero attached hydrogens (tertiary/aromatic N) is 1. The minimum atomic E-state index is -0.674. The summed E-state index contributed by atoms with van der Waals surface area (Å²) in [5.41, 5.74) is 1.17. The van der Waals surface area contributed by atoms with Crippen LogP contribution >= 0.6 is 0 Å². The van der Waals surface area contributed by atoms with E-state index in [2.05, 4.69) is 25.2 Å². The van der Waals surface area contributed by atoms with Gasteiger partial charge in [-0.3, -0.25) is 4.79 Å². The molecular weight excluding hydrogens is 248 g/mol. The summed E-state index contributed by atoms with van der Waals surface area (Å²) in [6.07, 6.45) is 4.47. The average Bonchev–Trinajstić information content (AvgIpc) is 2.50. The summed E-state index contributed by atoms with van der Waals surface area (Å²) in [7, 11) is 0. The lowest BCUT2D eigenvalue weighted by molar-refractivity contribution is 0.0894. The Balaban J connectivity index is 2.07.